The van der Waals surface area contributed by atoms with Crippen molar-refractivity contribution >= 4 is 40.6 Å². The van der Waals surface area contributed by atoms with Gasteiger partial charge in [0.1, 0.15) is 0 Å². The van der Waals surface area contributed by atoms with E-state index in [1.165, 1.54) is 19.0 Å². The Morgan fingerprint density at radius 2 is 1.70 bits per heavy atom. The highest BCUT2D eigenvalue weighted by Crippen LogP contribution is 2.24. The van der Waals surface area contributed by atoms with Crippen molar-refractivity contribution in [1.29, 1.82) is 0 Å². The molecule has 0 aliphatic rings. The molecule has 0 unspecified atom stereocenters. The predicted molar refractivity (Wildman–Crippen MR) is 110 cm³/mol. The molecule has 0 spiro atoms. The highest BCUT2D eigenvalue weighted by Gasteiger charge is 2.10. The van der Waals surface area contributed by atoms with Crippen LogP contribution in [0.4, 0.5) is 22.7 Å². The van der Waals surface area contributed by atoms with Gasteiger partial charge in [0.05, 0.1) is 0 Å². The van der Waals surface area contributed by atoms with E-state index in [1.807, 2.05) is 36.4 Å². The lowest BCUT2D eigenvalue weighted by Gasteiger charge is -2.08. The molecule has 0 radical (unpaired) electrons. The molecule has 6 nitrogen and oxygen atoms in total. The van der Waals surface area contributed by atoms with Crippen LogP contribution >= 0.6 is 11.9 Å². The second-order valence-corrected chi connectivity index (χ2v) is 6.74. The van der Waals surface area contributed by atoms with Crippen LogP contribution in [0.2, 0.25) is 0 Å². The van der Waals surface area contributed by atoms with Gasteiger partial charge in [-0.1, -0.05) is 12.1 Å². The van der Waals surface area contributed by atoms with Crippen molar-refractivity contribution in [1.82, 2.24) is 0 Å². The Bertz CT molecular complexity index is 974. The number of rotatable bonds is 6. The number of amides is 1. The van der Waals surface area contributed by atoms with E-state index in [4.69, 9.17) is 5.73 Å². The summed E-state index contributed by atoms with van der Waals surface area (Å²) in [4.78, 5) is 24.6. The van der Waals surface area contributed by atoms with Gasteiger partial charge in [-0.25, -0.2) is 0 Å². The second kappa shape index (κ2) is 8.37. The van der Waals surface area contributed by atoms with Gasteiger partial charge in [-0.05, 0) is 60.5 Å². The molecule has 4 N–H and O–H groups in total. The first kappa shape index (κ1) is 18.5. The number of carbonyl (C=O) groups is 1. The van der Waals surface area contributed by atoms with Crippen LogP contribution in [0.5, 0.6) is 0 Å². The smallest absolute Gasteiger partial charge is 0.255 e. The minimum absolute atomic E-state index is 0.218. The van der Waals surface area contributed by atoms with Crippen LogP contribution in [0, 0.1) is 4.91 Å². The maximum absolute atomic E-state index is 12.5. The van der Waals surface area contributed by atoms with Crippen LogP contribution in [0.15, 0.2) is 77.7 Å². The highest BCUT2D eigenvalue weighted by atomic mass is 32.2. The van der Waals surface area contributed by atoms with Crippen molar-refractivity contribution in [2.45, 2.75) is 4.90 Å². The number of nitrogens with one attached hydrogen (secondary N) is 2. The maximum Gasteiger partial charge on any atom is 0.255 e. The quantitative estimate of drug-likeness (QED) is 0.329. The van der Waals surface area contributed by atoms with Gasteiger partial charge in [-0.3, -0.25) is 4.79 Å². The Kier molecular flexibility index (Phi) is 5.73. The lowest BCUT2D eigenvalue weighted by Crippen LogP contribution is -2.11. The molecule has 1 amide bonds. The summed E-state index contributed by atoms with van der Waals surface area (Å²) in [5.74, 6) is -0.218. The summed E-state index contributed by atoms with van der Waals surface area (Å²) >= 11 is 1.40. The van der Waals surface area contributed by atoms with Crippen LogP contribution in [0.1, 0.15) is 10.4 Å². The van der Waals surface area contributed by atoms with E-state index < -0.39 is 0 Å². The third kappa shape index (κ3) is 5.08. The zero-order valence-corrected chi connectivity index (χ0v) is 15.5. The molecule has 0 heterocycles. The monoisotopic (exact) mass is 379 g/mol. The number of nitroso groups, excluding NO2 is 1. The maximum atomic E-state index is 12.5. The fraction of sp³-hybridized carbons (Fsp3) is 0.0500. The number of hydrogen-bond acceptors (Lipinski definition) is 5. The highest BCUT2D eigenvalue weighted by molar-refractivity contribution is 8.00. The lowest BCUT2D eigenvalue weighted by atomic mass is 10.2. The summed E-state index contributed by atoms with van der Waals surface area (Å²) in [5.41, 5.74) is 9.03. The summed E-state index contributed by atoms with van der Waals surface area (Å²) in [6, 6.07) is 21.5. The zero-order chi connectivity index (χ0) is 19.2. The van der Waals surface area contributed by atoms with Crippen molar-refractivity contribution in [3.8, 4) is 0 Å². The number of nitrogens with two attached hydrogens (primary N) is 1. The van der Waals surface area contributed by atoms with Crippen LogP contribution in [-0.2, 0) is 0 Å². The van der Waals surface area contributed by atoms with E-state index in [2.05, 4.69) is 10.0 Å². The normalized spacial score (nSPS) is 10.3. The molecule has 0 atom stereocenters. The van der Waals surface area contributed by atoms with Crippen molar-refractivity contribution < 1.29 is 9.55 Å². The Labute approximate surface area is 161 Å². The SMILES string of the molecule is C[N+](=O)c1ccc(NC(=O)c2cccc(SNc3cccc(N)c3)c2)cc1. The number of anilines is 3. The first-order valence-electron chi connectivity index (χ1n) is 8.22. The van der Waals surface area contributed by atoms with E-state index in [0.717, 1.165) is 15.3 Å². The number of nitrogens with zero attached hydrogens (tertiary/aromatic N) is 1. The molecule has 3 aromatic carbocycles. The molecule has 0 aliphatic carbocycles. The molecule has 3 rings (SSSR count). The van der Waals surface area contributed by atoms with Gasteiger partial charge in [0.2, 0.25) is 0 Å². The summed E-state index contributed by atoms with van der Waals surface area (Å²) in [5, 5.41) is 2.83. The van der Waals surface area contributed by atoms with E-state index in [9.17, 15) is 9.70 Å². The largest absolute Gasteiger partial charge is 0.399 e. The Hall–Kier alpha value is -3.32. The predicted octanol–water partition coefficient (Wildman–Crippen LogP) is 4.68. The molecule has 0 saturated carbocycles. The number of hydrogen-bond donors (Lipinski definition) is 3. The average Bonchev–Trinajstić information content (AvgIpc) is 2.67. The Morgan fingerprint density at radius 3 is 2.41 bits per heavy atom. The first-order chi connectivity index (χ1) is 13.0. The number of nitrogen functional groups attached to an aromatic ring is 1. The van der Waals surface area contributed by atoms with Gasteiger partial charge in [-0.15, -0.1) is 0 Å². The molecular weight excluding hydrogens is 360 g/mol. The van der Waals surface area contributed by atoms with E-state index in [1.54, 1.807) is 36.4 Å². The molecule has 7 heteroatoms. The molecule has 136 valence electrons. The van der Waals surface area contributed by atoms with Crippen LogP contribution in [0.3, 0.4) is 0 Å². The number of carbonyl (C=O) groups excluding carboxylic acids is 1. The molecule has 0 saturated heterocycles. The standard InChI is InChI=1S/C20H18N4O2S/c1-24(26)18-10-8-16(9-11-18)22-20(25)14-4-2-7-19(12-14)27-23-17-6-3-5-15(21)13-17/h2-13,23H,21H2,1H3/p+1. The topological polar surface area (TPSA) is 87.2 Å². The molecule has 0 aliphatic heterocycles. The van der Waals surface area contributed by atoms with Gasteiger partial charge in [-0.2, -0.15) is 0 Å². The lowest BCUT2D eigenvalue weighted by molar-refractivity contribution is -0.428. The minimum Gasteiger partial charge on any atom is -0.399 e. The Morgan fingerprint density at radius 1 is 0.963 bits per heavy atom. The molecular formula is C20H19N4O2S+. The molecule has 0 bridgehead atoms. The first-order valence-corrected chi connectivity index (χ1v) is 9.04. The molecule has 27 heavy (non-hydrogen) atoms. The van der Waals surface area contributed by atoms with Crippen LogP contribution < -0.4 is 15.8 Å². The van der Waals surface area contributed by atoms with Gasteiger partial charge in [0.25, 0.3) is 11.6 Å². The van der Waals surface area contributed by atoms with Crippen molar-refractivity contribution in [2.24, 2.45) is 0 Å². The van der Waals surface area contributed by atoms with E-state index >= 15 is 0 Å². The summed E-state index contributed by atoms with van der Waals surface area (Å²) < 4.78 is 3.97. The fourth-order valence-corrected chi connectivity index (χ4v) is 3.07. The van der Waals surface area contributed by atoms with Crippen molar-refractivity contribution in [3.05, 3.63) is 83.3 Å². The summed E-state index contributed by atoms with van der Waals surface area (Å²) in [6.07, 6.45) is 0. The third-order valence-electron chi connectivity index (χ3n) is 3.76. The van der Waals surface area contributed by atoms with Gasteiger partial charge in [0.15, 0.2) is 7.05 Å². The van der Waals surface area contributed by atoms with Gasteiger partial charge >= 0.3 is 0 Å². The molecule has 0 fully saturated rings. The van der Waals surface area contributed by atoms with E-state index in [0.29, 0.717) is 22.6 Å². The Balaban J connectivity index is 1.65. The number of benzene rings is 3. The summed E-state index contributed by atoms with van der Waals surface area (Å²) in [6.45, 7) is 0. The van der Waals surface area contributed by atoms with Crippen molar-refractivity contribution in [3.63, 3.8) is 0 Å². The van der Waals surface area contributed by atoms with E-state index in [-0.39, 0.29) is 5.91 Å². The van der Waals surface area contributed by atoms with Crippen LogP contribution in [0.25, 0.3) is 0 Å². The second-order valence-electron chi connectivity index (χ2n) is 5.86. The van der Waals surface area contributed by atoms with Gasteiger partial charge in [0, 0.05) is 49.3 Å². The zero-order valence-electron chi connectivity index (χ0n) is 14.7. The average molecular weight is 379 g/mol. The molecule has 3 aromatic rings. The molecule has 0 aromatic heterocycles. The van der Waals surface area contributed by atoms with Gasteiger partial charge < -0.3 is 15.8 Å². The third-order valence-corrected chi connectivity index (χ3v) is 4.59. The summed E-state index contributed by atoms with van der Waals surface area (Å²) in [7, 11) is 1.43. The fourth-order valence-electron chi connectivity index (χ4n) is 2.38. The van der Waals surface area contributed by atoms with Crippen molar-refractivity contribution in [2.75, 3.05) is 22.8 Å². The minimum atomic E-state index is -0.218. The van der Waals surface area contributed by atoms with Crippen LogP contribution in [-0.4, -0.2) is 17.7 Å².